The average Bonchev–Trinajstić information content (AvgIpc) is 2.99. The molecule has 5 heteroatoms. The Morgan fingerprint density at radius 2 is 2.00 bits per heavy atom. The highest BCUT2D eigenvalue weighted by molar-refractivity contribution is 9.25. The summed E-state index contributed by atoms with van der Waals surface area (Å²) in [5, 5.41) is 0. The number of carbonyl (C=O) groups is 1. The van der Waals surface area contributed by atoms with Crippen LogP contribution in [-0.2, 0) is 11.3 Å². The topological polar surface area (TPSA) is 29.5 Å². The Balaban J connectivity index is 1.77. The number of carbonyl (C=O) groups excluding carboxylic acids is 1. The second kappa shape index (κ2) is 5.02. The number of fused-ring (bicyclic) bond motifs is 1. The van der Waals surface area contributed by atoms with Gasteiger partial charge < -0.3 is 9.64 Å². The van der Waals surface area contributed by atoms with E-state index in [4.69, 9.17) is 4.74 Å². The Morgan fingerprint density at radius 3 is 2.60 bits per heavy atom. The fourth-order valence-electron chi connectivity index (χ4n) is 3.21. The van der Waals surface area contributed by atoms with Gasteiger partial charge in [0.25, 0.3) is 0 Å². The van der Waals surface area contributed by atoms with Crippen molar-refractivity contribution in [3.8, 4) is 5.75 Å². The molecule has 0 N–H and O–H groups in total. The van der Waals surface area contributed by atoms with Crippen LogP contribution in [0.3, 0.4) is 0 Å². The van der Waals surface area contributed by atoms with Gasteiger partial charge in [-0.15, -0.1) is 0 Å². The van der Waals surface area contributed by atoms with Crippen LogP contribution >= 0.6 is 31.9 Å². The van der Waals surface area contributed by atoms with Crippen LogP contribution in [0, 0.1) is 11.8 Å². The number of nitrogens with zero attached hydrogens (tertiary/aromatic N) is 1. The maximum Gasteiger partial charge on any atom is 0.223 e. The summed E-state index contributed by atoms with van der Waals surface area (Å²) in [6.07, 6.45) is 0.635. The van der Waals surface area contributed by atoms with Gasteiger partial charge in [-0.1, -0.05) is 50.9 Å². The lowest BCUT2D eigenvalue weighted by molar-refractivity contribution is -0.136. The standard InChI is InChI=1S/C15H17Br2NO2/c1-9-7-12(19)18(14-13(9)15(14,16)17)8-10-3-5-11(20-2)6-4-10/h3-6,9,13-14H,7-8H2,1-2H3/t9-,13?,14?/m0/s1. The SMILES string of the molecule is COc1ccc(CN2C(=O)C[C@H](C)C3C2C3(Br)Br)cc1. The van der Waals surface area contributed by atoms with E-state index in [1.54, 1.807) is 7.11 Å². The molecule has 1 aliphatic carbocycles. The molecule has 1 heterocycles. The molecule has 1 amide bonds. The summed E-state index contributed by atoms with van der Waals surface area (Å²) in [6.45, 7) is 2.82. The van der Waals surface area contributed by atoms with Gasteiger partial charge >= 0.3 is 0 Å². The summed E-state index contributed by atoms with van der Waals surface area (Å²) in [5.41, 5.74) is 1.13. The Labute approximate surface area is 135 Å². The Morgan fingerprint density at radius 1 is 1.35 bits per heavy atom. The number of methoxy groups -OCH3 is 1. The van der Waals surface area contributed by atoms with E-state index in [2.05, 4.69) is 38.8 Å². The Hall–Kier alpha value is -0.550. The number of alkyl halides is 2. The molecular weight excluding hydrogens is 386 g/mol. The zero-order valence-corrected chi connectivity index (χ0v) is 14.6. The highest BCUT2D eigenvalue weighted by atomic mass is 79.9. The number of likely N-dealkylation sites (tertiary alicyclic amines) is 1. The molecule has 3 rings (SSSR count). The highest BCUT2D eigenvalue weighted by Gasteiger charge is 2.69. The maximum atomic E-state index is 12.3. The van der Waals surface area contributed by atoms with Crippen LogP contribution in [0.2, 0.25) is 0 Å². The molecular formula is C15H17Br2NO2. The molecule has 0 aromatic heterocycles. The molecule has 1 aromatic carbocycles. The second-order valence-electron chi connectivity index (χ2n) is 5.70. The molecule has 108 valence electrons. The summed E-state index contributed by atoms with van der Waals surface area (Å²) in [5.74, 6) is 2.01. The predicted molar refractivity (Wildman–Crippen MR) is 85.2 cm³/mol. The van der Waals surface area contributed by atoms with Crippen molar-refractivity contribution >= 4 is 37.8 Å². The molecule has 2 fully saturated rings. The third-order valence-electron chi connectivity index (χ3n) is 4.35. The summed E-state index contributed by atoms with van der Waals surface area (Å²) in [4.78, 5) is 14.3. The number of hydrogen-bond donors (Lipinski definition) is 0. The monoisotopic (exact) mass is 401 g/mol. The van der Waals surface area contributed by atoms with Crippen LogP contribution in [0.5, 0.6) is 5.75 Å². The zero-order chi connectivity index (χ0) is 14.5. The second-order valence-corrected chi connectivity index (χ2v) is 9.38. The van der Waals surface area contributed by atoms with Crippen molar-refractivity contribution in [2.45, 2.75) is 29.2 Å². The number of amides is 1. The first kappa shape index (κ1) is 14.4. The number of halogens is 2. The van der Waals surface area contributed by atoms with Gasteiger partial charge in [0.15, 0.2) is 0 Å². The van der Waals surface area contributed by atoms with Crippen molar-refractivity contribution in [1.82, 2.24) is 4.90 Å². The molecule has 3 nitrogen and oxygen atoms in total. The quantitative estimate of drug-likeness (QED) is 0.723. The van der Waals surface area contributed by atoms with Crippen LogP contribution in [0.25, 0.3) is 0 Å². The molecule has 1 saturated carbocycles. The number of ether oxygens (including phenoxy) is 1. The minimum atomic E-state index is -0.0992. The third-order valence-corrected chi connectivity index (χ3v) is 6.34. The zero-order valence-electron chi connectivity index (χ0n) is 11.5. The van der Waals surface area contributed by atoms with Gasteiger partial charge in [-0.05, 0) is 23.6 Å². The normalized spacial score (nSPS) is 30.9. The first-order chi connectivity index (χ1) is 9.45. The first-order valence-corrected chi connectivity index (χ1v) is 8.34. The van der Waals surface area contributed by atoms with Gasteiger partial charge in [-0.25, -0.2) is 0 Å². The van der Waals surface area contributed by atoms with Gasteiger partial charge in [0.2, 0.25) is 5.91 Å². The van der Waals surface area contributed by atoms with Crippen LogP contribution in [-0.4, -0.2) is 27.2 Å². The summed E-state index contributed by atoms with van der Waals surface area (Å²) >= 11 is 7.45. The molecule has 0 radical (unpaired) electrons. The van der Waals surface area contributed by atoms with Gasteiger partial charge in [-0.2, -0.15) is 0 Å². The van der Waals surface area contributed by atoms with E-state index in [0.717, 1.165) is 11.3 Å². The molecule has 0 bridgehead atoms. The number of benzene rings is 1. The van der Waals surface area contributed by atoms with Crippen LogP contribution in [0.1, 0.15) is 18.9 Å². The predicted octanol–water partition coefficient (Wildman–Crippen LogP) is 3.55. The lowest BCUT2D eigenvalue weighted by Crippen LogP contribution is -2.39. The highest BCUT2D eigenvalue weighted by Crippen LogP contribution is 2.64. The fraction of sp³-hybridized carbons (Fsp3) is 0.533. The fourth-order valence-corrected chi connectivity index (χ4v) is 5.42. The number of hydrogen-bond acceptors (Lipinski definition) is 2. The third kappa shape index (κ3) is 2.29. The lowest BCUT2D eigenvalue weighted by atomic mass is 9.97. The van der Waals surface area contributed by atoms with Crippen LogP contribution in [0.4, 0.5) is 0 Å². The van der Waals surface area contributed by atoms with Crippen molar-refractivity contribution in [1.29, 1.82) is 0 Å². The molecule has 1 aliphatic heterocycles. The van der Waals surface area contributed by atoms with Crippen molar-refractivity contribution in [2.24, 2.45) is 11.8 Å². The average molecular weight is 403 g/mol. The molecule has 20 heavy (non-hydrogen) atoms. The molecule has 1 saturated heterocycles. The van der Waals surface area contributed by atoms with E-state index in [1.165, 1.54) is 0 Å². The van der Waals surface area contributed by atoms with E-state index in [1.807, 2.05) is 29.2 Å². The largest absolute Gasteiger partial charge is 0.497 e. The smallest absolute Gasteiger partial charge is 0.223 e. The number of piperidine rings is 1. The summed E-state index contributed by atoms with van der Waals surface area (Å²) in [7, 11) is 1.66. The molecule has 0 spiro atoms. The van der Waals surface area contributed by atoms with Crippen LogP contribution in [0.15, 0.2) is 24.3 Å². The van der Waals surface area contributed by atoms with Crippen molar-refractivity contribution in [3.63, 3.8) is 0 Å². The van der Waals surface area contributed by atoms with Gasteiger partial charge in [0.1, 0.15) is 8.98 Å². The maximum absolute atomic E-state index is 12.3. The van der Waals surface area contributed by atoms with Crippen LogP contribution < -0.4 is 4.74 Å². The molecule has 3 atom stereocenters. The molecule has 2 unspecified atom stereocenters. The summed E-state index contributed by atoms with van der Waals surface area (Å²) in [6, 6.07) is 8.16. The Kier molecular flexibility index (Phi) is 3.61. The van der Waals surface area contributed by atoms with Crippen molar-refractivity contribution in [2.75, 3.05) is 7.11 Å². The van der Waals surface area contributed by atoms with Gasteiger partial charge in [-0.3, -0.25) is 4.79 Å². The minimum Gasteiger partial charge on any atom is -0.497 e. The van der Waals surface area contributed by atoms with E-state index < -0.39 is 0 Å². The summed E-state index contributed by atoms with van der Waals surface area (Å²) < 4.78 is 5.06. The minimum absolute atomic E-state index is 0.0992. The number of rotatable bonds is 3. The molecule has 1 aromatic rings. The van der Waals surface area contributed by atoms with E-state index in [9.17, 15) is 4.79 Å². The molecule has 2 aliphatic rings. The van der Waals surface area contributed by atoms with Crippen molar-refractivity contribution < 1.29 is 9.53 Å². The van der Waals surface area contributed by atoms with Gasteiger partial charge in [0.05, 0.1) is 13.2 Å². The first-order valence-electron chi connectivity index (χ1n) is 6.75. The van der Waals surface area contributed by atoms with Gasteiger partial charge in [0, 0.05) is 18.9 Å². The lowest BCUT2D eigenvalue weighted by Gasteiger charge is -2.29. The van der Waals surface area contributed by atoms with E-state index in [-0.39, 0.29) is 15.2 Å². The Bertz CT molecular complexity index is 529. The van der Waals surface area contributed by atoms with E-state index >= 15 is 0 Å². The van der Waals surface area contributed by atoms with Crippen molar-refractivity contribution in [3.05, 3.63) is 29.8 Å². The van der Waals surface area contributed by atoms with E-state index in [0.29, 0.717) is 24.8 Å².